The van der Waals surface area contributed by atoms with Crippen LogP contribution in [0.3, 0.4) is 0 Å². The Morgan fingerprint density at radius 1 is 1.38 bits per heavy atom. The number of hydrogen-bond acceptors (Lipinski definition) is 3. The van der Waals surface area contributed by atoms with Gasteiger partial charge in [-0.3, -0.25) is 9.88 Å². The van der Waals surface area contributed by atoms with Gasteiger partial charge < -0.3 is 4.74 Å². The van der Waals surface area contributed by atoms with Gasteiger partial charge in [-0.25, -0.2) is 0 Å². The Bertz CT molecular complexity index is 470. The van der Waals surface area contributed by atoms with Gasteiger partial charge in [-0.15, -0.1) is 0 Å². The van der Waals surface area contributed by atoms with Crippen molar-refractivity contribution in [3.8, 4) is 0 Å². The first-order chi connectivity index (χ1) is 9.89. The summed E-state index contributed by atoms with van der Waals surface area (Å²) in [6.45, 7) is 2.61. The molecule has 3 nitrogen and oxygen atoms in total. The highest BCUT2D eigenvalue weighted by molar-refractivity contribution is 5.28. The Morgan fingerprint density at radius 3 is 2.71 bits per heavy atom. The first-order valence-electron chi connectivity index (χ1n) is 7.20. The fourth-order valence-electron chi connectivity index (χ4n) is 2.65. The number of hydrogen-bond donors (Lipinski definition) is 0. The van der Waals surface area contributed by atoms with Gasteiger partial charge in [0.15, 0.2) is 0 Å². The molecule has 1 aromatic heterocycles. The molecule has 0 radical (unpaired) electrons. The van der Waals surface area contributed by atoms with E-state index in [-0.39, 0.29) is 12.5 Å². The smallest absolute Gasteiger partial charge is 0.381 e. The van der Waals surface area contributed by atoms with Crippen molar-refractivity contribution >= 4 is 0 Å². The third kappa shape index (κ3) is 4.68. The third-order valence-corrected chi connectivity index (χ3v) is 3.67. The van der Waals surface area contributed by atoms with Crippen molar-refractivity contribution in [2.75, 3.05) is 26.8 Å². The number of halogens is 3. The van der Waals surface area contributed by atoms with Crippen LogP contribution in [-0.2, 0) is 17.7 Å². The van der Waals surface area contributed by atoms with Crippen molar-refractivity contribution in [3.05, 3.63) is 29.1 Å². The van der Waals surface area contributed by atoms with Gasteiger partial charge in [0.05, 0.1) is 18.8 Å². The number of rotatable bonds is 5. The zero-order valence-corrected chi connectivity index (χ0v) is 12.4. The Morgan fingerprint density at radius 2 is 2.14 bits per heavy atom. The van der Waals surface area contributed by atoms with Crippen molar-refractivity contribution in [2.24, 2.45) is 0 Å². The molecule has 1 saturated heterocycles. The van der Waals surface area contributed by atoms with Crippen LogP contribution in [0.4, 0.5) is 13.2 Å². The van der Waals surface area contributed by atoms with E-state index >= 15 is 0 Å². The van der Waals surface area contributed by atoms with Crippen LogP contribution >= 0.6 is 0 Å². The largest absolute Gasteiger partial charge is 0.401 e. The highest BCUT2D eigenvalue weighted by atomic mass is 19.4. The van der Waals surface area contributed by atoms with E-state index in [0.717, 1.165) is 29.8 Å². The lowest BCUT2D eigenvalue weighted by atomic mass is 9.96. The lowest BCUT2D eigenvalue weighted by molar-refractivity contribution is -0.144. The van der Waals surface area contributed by atoms with Crippen LogP contribution < -0.4 is 0 Å². The van der Waals surface area contributed by atoms with Crippen LogP contribution in [-0.4, -0.2) is 42.9 Å². The molecular weight excluding hydrogens is 281 g/mol. The maximum atomic E-state index is 12.5. The van der Waals surface area contributed by atoms with Gasteiger partial charge in [0.25, 0.3) is 0 Å². The maximum Gasteiger partial charge on any atom is 0.401 e. The SMILES string of the molecule is CCc1ccc(C2CCOC2)c(CN(C)CC(F)(F)F)n1. The molecule has 0 bridgehead atoms. The summed E-state index contributed by atoms with van der Waals surface area (Å²) >= 11 is 0. The summed E-state index contributed by atoms with van der Waals surface area (Å²) in [5.41, 5.74) is 2.68. The van der Waals surface area contributed by atoms with E-state index in [4.69, 9.17) is 4.74 Å². The maximum absolute atomic E-state index is 12.5. The summed E-state index contributed by atoms with van der Waals surface area (Å²) in [4.78, 5) is 5.81. The molecule has 0 amide bonds. The van der Waals surface area contributed by atoms with Crippen LogP contribution in [0, 0.1) is 0 Å². The lowest BCUT2D eigenvalue weighted by Gasteiger charge is -2.21. The Hall–Kier alpha value is -1.14. The molecule has 1 unspecified atom stereocenters. The fraction of sp³-hybridized carbons (Fsp3) is 0.667. The molecule has 2 heterocycles. The van der Waals surface area contributed by atoms with Gasteiger partial charge in [-0.2, -0.15) is 13.2 Å². The van der Waals surface area contributed by atoms with Crippen LogP contribution in [0.2, 0.25) is 0 Å². The third-order valence-electron chi connectivity index (χ3n) is 3.67. The van der Waals surface area contributed by atoms with Gasteiger partial charge in [0.1, 0.15) is 0 Å². The number of aryl methyl sites for hydroxylation is 1. The van der Waals surface area contributed by atoms with E-state index in [9.17, 15) is 13.2 Å². The predicted molar refractivity (Wildman–Crippen MR) is 74.2 cm³/mol. The standard InChI is InChI=1S/C15H21F3N2O/c1-3-12-4-5-13(11-6-7-21-9-11)14(19-12)8-20(2)10-15(16,17)18/h4-5,11H,3,6-10H2,1-2H3. The average Bonchev–Trinajstić information content (AvgIpc) is 2.90. The molecule has 6 heteroatoms. The van der Waals surface area contributed by atoms with Crippen molar-refractivity contribution in [1.82, 2.24) is 9.88 Å². The van der Waals surface area contributed by atoms with E-state index in [1.807, 2.05) is 19.1 Å². The molecule has 1 aromatic rings. The monoisotopic (exact) mass is 302 g/mol. The van der Waals surface area contributed by atoms with E-state index in [2.05, 4.69) is 4.98 Å². The summed E-state index contributed by atoms with van der Waals surface area (Å²) in [6.07, 6.45) is -2.51. The molecule has 0 saturated carbocycles. The summed E-state index contributed by atoms with van der Waals surface area (Å²) in [7, 11) is 1.47. The second kappa shape index (κ2) is 6.75. The van der Waals surface area contributed by atoms with Crippen LogP contribution in [0.15, 0.2) is 12.1 Å². The molecule has 2 rings (SSSR count). The van der Waals surface area contributed by atoms with E-state index in [0.29, 0.717) is 13.2 Å². The molecule has 0 spiro atoms. The quantitative estimate of drug-likeness (QED) is 0.835. The molecule has 1 atom stereocenters. The van der Waals surface area contributed by atoms with Gasteiger partial charge >= 0.3 is 6.18 Å². The van der Waals surface area contributed by atoms with Gasteiger partial charge in [-0.05, 0) is 31.5 Å². The first kappa shape index (κ1) is 16.2. The van der Waals surface area contributed by atoms with E-state index in [1.165, 1.54) is 11.9 Å². The normalized spacial score (nSPS) is 19.4. The first-order valence-corrected chi connectivity index (χ1v) is 7.20. The molecule has 0 aliphatic carbocycles. The van der Waals surface area contributed by atoms with Crippen molar-refractivity contribution in [1.29, 1.82) is 0 Å². The second-order valence-corrected chi connectivity index (χ2v) is 5.54. The minimum atomic E-state index is -4.19. The molecule has 0 aromatic carbocycles. The fourth-order valence-corrected chi connectivity index (χ4v) is 2.65. The highest BCUT2D eigenvalue weighted by Crippen LogP contribution is 2.28. The Kier molecular flexibility index (Phi) is 5.22. The van der Waals surface area contributed by atoms with Gasteiger partial charge in [0, 0.05) is 24.8 Å². The van der Waals surface area contributed by atoms with Crippen molar-refractivity contribution in [2.45, 2.75) is 38.4 Å². The minimum Gasteiger partial charge on any atom is -0.381 e. The van der Waals surface area contributed by atoms with Crippen molar-refractivity contribution in [3.63, 3.8) is 0 Å². The molecular formula is C15H21F3N2O. The molecule has 0 N–H and O–H groups in total. The molecule has 118 valence electrons. The van der Waals surface area contributed by atoms with Gasteiger partial charge in [0.2, 0.25) is 0 Å². The average molecular weight is 302 g/mol. The second-order valence-electron chi connectivity index (χ2n) is 5.54. The molecule has 1 aliphatic rings. The summed E-state index contributed by atoms with van der Waals surface area (Å²) < 4.78 is 42.8. The van der Waals surface area contributed by atoms with Gasteiger partial charge in [-0.1, -0.05) is 13.0 Å². The lowest BCUT2D eigenvalue weighted by Crippen LogP contribution is -2.31. The van der Waals surface area contributed by atoms with Crippen LogP contribution in [0.5, 0.6) is 0 Å². The molecule has 1 aliphatic heterocycles. The number of nitrogens with zero attached hydrogens (tertiary/aromatic N) is 2. The molecule has 21 heavy (non-hydrogen) atoms. The Balaban J connectivity index is 2.18. The number of alkyl halides is 3. The summed E-state index contributed by atoms with van der Waals surface area (Å²) in [6, 6.07) is 3.96. The topological polar surface area (TPSA) is 25.4 Å². The zero-order chi connectivity index (χ0) is 15.5. The summed E-state index contributed by atoms with van der Waals surface area (Å²) in [5, 5.41) is 0. The number of aromatic nitrogens is 1. The summed E-state index contributed by atoms with van der Waals surface area (Å²) in [5.74, 6) is 0.248. The highest BCUT2D eigenvalue weighted by Gasteiger charge is 2.30. The van der Waals surface area contributed by atoms with Crippen molar-refractivity contribution < 1.29 is 17.9 Å². The Labute approximate surface area is 123 Å². The van der Waals surface area contributed by atoms with Crippen LogP contribution in [0.1, 0.15) is 36.2 Å². The van der Waals surface area contributed by atoms with E-state index < -0.39 is 12.7 Å². The number of pyridine rings is 1. The minimum absolute atomic E-state index is 0.208. The number of ether oxygens (including phenoxy) is 1. The molecule has 1 fully saturated rings. The van der Waals surface area contributed by atoms with E-state index in [1.54, 1.807) is 0 Å². The predicted octanol–water partition coefficient (Wildman–Crippen LogP) is 3.14. The zero-order valence-electron chi connectivity index (χ0n) is 12.4. The van der Waals surface area contributed by atoms with Crippen LogP contribution in [0.25, 0.3) is 0 Å².